The van der Waals surface area contributed by atoms with Crippen molar-refractivity contribution in [2.24, 2.45) is 7.05 Å². The molecule has 2 aromatic heterocycles. The maximum Gasteiger partial charge on any atom is 0.352 e. The monoisotopic (exact) mass is 450 g/mol. The zero-order valence-corrected chi connectivity index (χ0v) is 17.9. The third-order valence-corrected chi connectivity index (χ3v) is 7.13. The Kier molecular flexibility index (Phi) is 5.92. The van der Waals surface area contributed by atoms with Gasteiger partial charge in [-0.3, -0.25) is 9.69 Å². The van der Waals surface area contributed by atoms with Crippen LogP contribution in [0, 0.1) is 0 Å². The average Bonchev–Trinajstić information content (AvgIpc) is 3.15. The van der Waals surface area contributed by atoms with E-state index in [0.29, 0.717) is 29.0 Å². The van der Waals surface area contributed by atoms with Gasteiger partial charge in [-0.1, -0.05) is 11.8 Å². The molecule has 1 saturated heterocycles. The Morgan fingerprint density at radius 3 is 2.87 bits per heavy atom. The number of hydrogen-bond donors (Lipinski definition) is 2. The number of ether oxygens (including phenoxy) is 1. The average molecular weight is 451 g/mol. The number of hydrogen-bond acceptors (Lipinski definition) is 9. The number of pyridine rings is 1. The molecule has 4 rings (SSSR count). The maximum absolute atomic E-state index is 12.8. The summed E-state index contributed by atoms with van der Waals surface area (Å²) in [6, 6.07) is 3.24. The number of nitrogens with one attached hydrogen (secondary N) is 1. The van der Waals surface area contributed by atoms with Gasteiger partial charge in [0, 0.05) is 43.5 Å². The largest absolute Gasteiger partial charge is 0.477 e. The number of rotatable bonds is 8. The SMILES string of the molecule is COC[n+]1ccc(N[C@H]2C(=O)N3C(C(=O)O)=C(CSc4nnnn4C)CSC23)cc1. The highest BCUT2D eigenvalue weighted by atomic mass is 32.2. The summed E-state index contributed by atoms with van der Waals surface area (Å²) in [4.78, 5) is 26.1. The molecule has 13 heteroatoms. The van der Waals surface area contributed by atoms with Crippen molar-refractivity contribution in [2.45, 2.75) is 23.3 Å². The van der Waals surface area contributed by atoms with Crippen LogP contribution in [-0.2, 0) is 28.1 Å². The molecule has 2 atom stereocenters. The molecule has 1 fully saturated rings. The lowest BCUT2D eigenvalue weighted by atomic mass is 10.0. The lowest BCUT2D eigenvalue weighted by Gasteiger charge is -2.49. The number of anilines is 1. The summed E-state index contributed by atoms with van der Waals surface area (Å²) in [5.41, 5.74) is 1.54. The number of tetrazole rings is 1. The van der Waals surface area contributed by atoms with Gasteiger partial charge in [0.1, 0.15) is 17.1 Å². The summed E-state index contributed by atoms with van der Waals surface area (Å²) in [7, 11) is 3.33. The molecule has 1 amide bonds. The van der Waals surface area contributed by atoms with Crippen molar-refractivity contribution < 1.29 is 24.0 Å². The molecule has 2 aliphatic rings. The predicted molar refractivity (Wildman–Crippen MR) is 108 cm³/mol. The highest BCUT2D eigenvalue weighted by molar-refractivity contribution is 8.01. The first-order valence-electron chi connectivity index (χ1n) is 8.99. The molecule has 158 valence electrons. The smallest absolute Gasteiger partial charge is 0.352 e. The van der Waals surface area contributed by atoms with Crippen molar-refractivity contribution in [1.82, 2.24) is 25.1 Å². The second-order valence-electron chi connectivity index (χ2n) is 6.68. The third-order valence-electron chi connectivity index (χ3n) is 4.70. The van der Waals surface area contributed by atoms with Gasteiger partial charge in [-0.05, 0) is 16.0 Å². The lowest BCUT2D eigenvalue weighted by Crippen LogP contribution is -2.67. The number of aliphatic carboxylic acids is 1. The number of aromatic nitrogens is 5. The van der Waals surface area contributed by atoms with E-state index in [1.165, 1.54) is 21.3 Å². The molecule has 11 nitrogen and oxygen atoms in total. The van der Waals surface area contributed by atoms with E-state index >= 15 is 0 Å². The Morgan fingerprint density at radius 1 is 1.47 bits per heavy atom. The van der Waals surface area contributed by atoms with E-state index in [4.69, 9.17) is 4.74 Å². The second kappa shape index (κ2) is 8.62. The molecule has 30 heavy (non-hydrogen) atoms. The number of nitrogens with zero attached hydrogens (tertiary/aromatic N) is 6. The van der Waals surface area contributed by atoms with E-state index in [1.54, 1.807) is 25.9 Å². The number of amides is 1. The van der Waals surface area contributed by atoms with Crippen LogP contribution in [0.25, 0.3) is 0 Å². The first kappa shape index (κ1) is 20.6. The van der Waals surface area contributed by atoms with Gasteiger partial charge >= 0.3 is 5.97 Å². The van der Waals surface area contributed by atoms with Crippen LogP contribution in [-0.4, -0.2) is 72.1 Å². The summed E-state index contributed by atoms with van der Waals surface area (Å²) >= 11 is 2.90. The minimum absolute atomic E-state index is 0.0652. The molecule has 0 bridgehead atoms. The fourth-order valence-corrected chi connectivity index (χ4v) is 5.59. The van der Waals surface area contributed by atoms with E-state index in [-0.39, 0.29) is 17.0 Å². The van der Waals surface area contributed by atoms with Gasteiger partial charge in [0.25, 0.3) is 12.6 Å². The number of thioether (sulfide) groups is 2. The van der Waals surface area contributed by atoms with Crippen LogP contribution in [0.2, 0.25) is 0 Å². The van der Waals surface area contributed by atoms with Crippen molar-refractivity contribution in [3.8, 4) is 0 Å². The normalized spacial score (nSPS) is 20.7. The van der Waals surface area contributed by atoms with Crippen molar-refractivity contribution in [2.75, 3.05) is 23.9 Å². The van der Waals surface area contributed by atoms with E-state index in [2.05, 4.69) is 20.8 Å². The number of carboxylic acid groups (broad SMARTS) is 1. The quantitative estimate of drug-likeness (QED) is 0.320. The number of aryl methyl sites for hydroxylation is 1. The summed E-state index contributed by atoms with van der Waals surface area (Å²) in [5.74, 6) is -0.426. The molecule has 0 aliphatic carbocycles. The Morgan fingerprint density at radius 2 is 2.23 bits per heavy atom. The van der Waals surface area contributed by atoms with E-state index in [0.717, 1.165) is 5.69 Å². The zero-order valence-electron chi connectivity index (χ0n) is 16.3. The first-order chi connectivity index (χ1) is 14.5. The summed E-state index contributed by atoms with van der Waals surface area (Å²) in [6.07, 6.45) is 3.69. The van der Waals surface area contributed by atoms with Gasteiger partial charge in [-0.15, -0.1) is 16.9 Å². The van der Waals surface area contributed by atoms with Crippen LogP contribution in [0.5, 0.6) is 0 Å². The van der Waals surface area contributed by atoms with E-state index < -0.39 is 12.0 Å². The zero-order chi connectivity index (χ0) is 21.3. The fraction of sp³-hybridized carbons (Fsp3) is 0.412. The number of methoxy groups -OCH3 is 1. The summed E-state index contributed by atoms with van der Waals surface area (Å²) in [6.45, 7) is 0.437. The van der Waals surface area contributed by atoms with Crippen LogP contribution >= 0.6 is 23.5 Å². The molecule has 0 saturated carbocycles. The van der Waals surface area contributed by atoms with Gasteiger partial charge in [0.15, 0.2) is 12.4 Å². The number of carbonyl (C=O) groups excluding carboxylic acids is 1. The standard InChI is InChI=1S/C17H19N7O4S2/c1-22-17(19-20-21-22)30-8-10-7-29-15-12(14(25)24(15)13(10)16(26)27)18-11-3-5-23(6-4-11)9-28-2/h3-6,12,15H,7-9H2,1-2H3,(H,26,27)/p+1/t12-,15?/m0/s1. The minimum Gasteiger partial charge on any atom is -0.477 e. The Labute approximate surface area is 180 Å². The van der Waals surface area contributed by atoms with Gasteiger partial charge < -0.3 is 15.2 Å². The Balaban J connectivity index is 1.47. The van der Waals surface area contributed by atoms with Crippen LogP contribution < -0.4 is 9.88 Å². The topological polar surface area (TPSA) is 126 Å². The molecule has 2 aliphatic heterocycles. The minimum atomic E-state index is -1.10. The predicted octanol–water partition coefficient (Wildman–Crippen LogP) is -0.0719. The summed E-state index contributed by atoms with van der Waals surface area (Å²) in [5, 5.41) is 24.5. The first-order valence-corrected chi connectivity index (χ1v) is 11.0. The van der Waals surface area contributed by atoms with E-state index in [9.17, 15) is 14.7 Å². The summed E-state index contributed by atoms with van der Waals surface area (Å²) < 4.78 is 8.45. The molecule has 2 N–H and O–H groups in total. The van der Waals surface area contributed by atoms with Crippen molar-refractivity contribution in [3.63, 3.8) is 0 Å². The van der Waals surface area contributed by atoms with Crippen LogP contribution in [0.15, 0.2) is 41.0 Å². The van der Waals surface area contributed by atoms with E-state index in [1.807, 2.05) is 29.1 Å². The molecular weight excluding hydrogens is 430 g/mol. The number of fused-ring (bicyclic) bond motifs is 1. The molecule has 2 aromatic rings. The molecule has 0 spiro atoms. The van der Waals surface area contributed by atoms with Crippen LogP contribution in [0.1, 0.15) is 0 Å². The highest BCUT2D eigenvalue weighted by Crippen LogP contribution is 2.42. The van der Waals surface area contributed by atoms with Crippen molar-refractivity contribution >= 4 is 41.1 Å². The number of carboxylic acids is 1. The third kappa shape index (κ3) is 3.87. The Bertz CT molecular complexity index is 994. The van der Waals surface area contributed by atoms with Gasteiger partial charge in [-0.2, -0.15) is 4.57 Å². The molecule has 1 unspecified atom stereocenters. The highest BCUT2D eigenvalue weighted by Gasteiger charge is 2.53. The van der Waals surface area contributed by atoms with Crippen LogP contribution in [0.3, 0.4) is 0 Å². The molecule has 0 aromatic carbocycles. The molecule has 0 radical (unpaired) electrons. The fourth-order valence-electron chi connectivity index (χ4n) is 3.26. The van der Waals surface area contributed by atoms with Crippen LogP contribution in [0.4, 0.5) is 5.69 Å². The van der Waals surface area contributed by atoms with Crippen molar-refractivity contribution in [1.29, 1.82) is 0 Å². The molecular formula is C17H20N7O4S2+. The van der Waals surface area contributed by atoms with Gasteiger partial charge in [0.2, 0.25) is 5.16 Å². The van der Waals surface area contributed by atoms with Gasteiger partial charge in [-0.25, -0.2) is 9.48 Å². The number of carbonyl (C=O) groups is 2. The lowest BCUT2D eigenvalue weighted by molar-refractivity contribution is -0.731. The van der Waals surface area contributed by atoms with Gasteiger partial charge in [0.05, 0.1) is 0 Å². The number of β-lactam (4-membered cyclic amide) rings is 1. The maximum atomic E-state index is 12.8. The second-order valence-corrected chi connectivity index (χ2v) is 8.73. The van der Waals surface area contributed by atoms with Crippen molar-refractivity contribution in [3.05, 3.63) is 35.8 Å². The molecule has 4 heterocycles. The Hall–Kier alpha value is -2.64.